The van der Waals surface area contributed by atoms with Gasteiger partial charge in [-0.25, -0.2) is 0 Å². The van der Waals surface area contributed by atoms with Crippen LogP contribution in [0.3, 0.4) is 0 Å². The number of amides is 1. The fourth-order valence-electron chi connectivity index (χ4n) is 2.33. The van der Waals surface area contributed by atoms with Gasteiger partial charge in [0.2, 0.25) is 5.91 Å². The quantitative estimate of drug-likeness (QED) is 0.631. The van der Waals surface area contributed by atoms with Crippen LogP contribution in [0.15, 0.2) is 23.1 Å². The number of anilines is 1. The highest BCUT2D eigenvalue weighted by atomic mass is 32.2. The van der Waals surface area contributed by atoms with Crippen molar-refractivity contribution in [3.8, 4) is 6.07 Å². The fourth-order valence-corrected chi connectivity index (χ4v) is 3.55. The van der Waals surface area contributed by atoms with Crippen molar-refractivity contribution >= 4 is 29.1 Å². The number of fused-ring (bicyclic) bond motifs is 1. The van der Waals surface area contributed by atoms with E-state index in [2.05, 4.69) is 6.07 Å². The molecule has 4 nitrogen and oxygen atoms in total. The van der Waals surface area contributed by atoms with Crippen molar-refractivity contribution in [2.24, 2.45) is 0 Å². The highest BCUT2D eigenvalue weighted by molar-refractivity contribution is 8.01. The van der Waals surface area contributed by atoms with Gasteiger partial charge in [0, 0.05) is 23.4 Å². The number of unbranched alkanes of at least 4 members (excludes halogenated alkanes) is 1. The molecule has 1 amide bonds. The number of thioether (sulfide) groups is 1. The van der Waals surface area contributed by atoms with Gasteiger partial charge in [-0.3, -0.25) is 9.59 Å². The molecule has 0 bridgehead atoms. The lowest BCUT2D eigenvalue weighted by Gasteiger charge is -2.38. The Morgan fingerprint density at radius 1 is 1.43 bits per heavy atom. The molecule has 0 saturated heterocycles. The first-order valence-corrected chi connectivity index (χ1v) is 7.71. The van der Waals surface area contributed by atoms with E-state index in [0.717, 1.165) is 10.6 Å². The topological polar surface area (TPSA) is 61.2 Å². The molecule has 0 radical (unpaired) electrons. The van der Waals surface area contributed by atoms with Crippen LogP contribution in [-0.4, -0.2) is 23.0 Å². The number of hydrogen-bond donors (Lipinski definition) is 0. The highest BCUT2D eigenvalue weighted by Crippen LogP contribution is 2.45. The van der Waals surface area contributed by atoms with Gasteiger partial charge in [0.25, 0.3) is 0 Å². The summed E-state index contributed by atoms with van der Waals surface area (Å²) in [6, 6.07) is 7.54. The van der Waals surface area contributed by atoms with Gasteiger partial charge in [0.15, 0.2) is 5.78 Å². The van der Waals surface area contributed by atoms with Gasteiger partial charge in [-0.05, 0) is 45.4 Å². The van der Waals surface area contributed by atoms with Crippen molar-refractivity contribution < 1.29 is 9.59 Å². The second-order valence-electron chi connectivity index (χ2n) is 5.57. The molecule has 2 rings (SSSR count). The van der Waals surface area contributed by atoms with Crippen molar-refractivity contribution in [3.63, 3.8) is 0 Å². The van der Waals surface area contributed by atoms with Crippen LogP contribution >= 0.6 is 11.8 Å². The zero-order valence-corrected chi connectivity index (χ0v) is 13.3. The zero-order valence-electron chi connectivity index (χ0n) is 12.5. The fraction of sp³-hybridized carbons (Fsp3) is 0.438. The summed E-state index contributed by atoms with van der Waals surface area (Å²) in [6.07, 6.45) is 1.08. The van der Waals surface area contributed by atoms with Gasteiger partial charge >= 0.3 is 0 Å². The maximum atomic E-state index is 12.6. The predicted octanol–water partition coefficient (Wildman–Crippen LogP) is 3.41. The maximum absolute atomic E-state index is 12.6. The van der Waals surface area contributed by atoms with E-state index in [1.807, 2.05) is 26.0 Å². The maximum Gasteiger partial charge on any atom is 0.243 e. The zero-order chi connectivity index (χ0) is 15.6. The van der Waals surface area contributed by atoms with Gasteiger partial charge in [0.1, 0.15) is 0 Å². The normalized spacial score (nSPS) is 16.3. The van der Waals surface area contributed by atoms with Crippen molar-refractivity contribution in [1.82, 2.24) is 0 Å². The second-order valence-corrected chi connectivity index (χ2v) is 7.23. The molecule has 1 aromatic carbocycles. The Labute approximate surface area is 129 Å². The van der Waals surface area contributed by atoms with E-state index in [0.29, 0.717) is 24.9 Å². The van der Waals surface area contributed by atoms with Gasteiger partial charge in [0.05, 0.1) is 16.5 Å². The van der Waals surface area contributed by atoms with Gasteiger partial charge in [-0.15, -0.1) is 11.8 Å². The monoisotopic (exact) mass is 302 g/mol. The third kappa shape index (κ3) is 3.11. The number of benzene rings is 1. The predicted molar refractivity (Wildman–Crippen MR) is 83.6 cm³/mol. The summed E-state index contributed by atoms with van der Waals surface area (Å²) in [5.74, 6) is 0.0673. The second kappa shape index (κ2) is 5.90. The van der Waals surface area contributed by atoms with E-state index in [-0.39, 0.29) is 11.7 Å². The Balaban J connectivity index is 2.40. The van der Waals surface area contributed by atoms with E-state index in [9.17, 15) is 9.59 Å². The van der Waals surface area contributed by atoms with Crippen LogP contribution in [0.5, 0.6) is 0 Å². The van der Waals surface area contributed by atoms with Crippen LogP contribution in [0.2, 0.25) is 0 Å². The molecule has 1 heterocycles. The van der Waals surface area contributed by atoms with Crippen LogP contribution in [0.4, 0.5) is 5.69 Å². The lowest BCUT2D eigenvalue weighted by atomic mass is 10.1. The molecular formula is C16H18N2O2S. The summed E-state index contributed by atoms with van der Waals surface area (Å²) in [7, 11) is 0. The van der Waals surface area contributed by atoms with Gasteiger partial charge in [-0.2, -0.15) is 5.26 Å². The molecule has 1 aliphatic heterocycles. The van der Waals surface area contributed by atoms with Crippen LogP contribution in [0, 0.1) is 11.3 Å². The first kappa shape index (κ1) is 15.6. The van der Waals surface area contributed by atoms with E-state index in [4.69, 9.17) is 5.26 Å². The molecule has 0 atom stereocenters. The van der Waals surface area contributed by atoms with E-state index in [1.54, 1.807) is 11.0 Å². The van der Waals surface area contributed by atoms with Gasteiger partial charge in [-0.1, -0.05) is 0 Å². The molecule has 1 aromatic rings. The SMILES string of the molecule is CC(=O)c1ccc2c(c1)SC(C)(C)C(=O)N2CCCC#N. The molecule has 21 heavy (non-hydrogen) atoms. The number of carbonyl (C=O) groups is 2. The standard InChI is InChI=1S/C16H18N2O2S/c1-11(19)12-6-7-13-14(10-12)21-16(2,3)15(20)18(13)9-5-4-8-17/h6-7,10H,4-5,9H2,1-3H3. The Hall–Kier alpha value is -1.80. The largest absolute Gasteiger partial charge is 0.310 e. The molecule has 5 heteroatoms. The molecule has 0 aromatic heterocycles. The number of Topliss-reactive ketones (excluding diaryl/α,β-unsaturated/α-hetero) is 1. The minimum atomic E-state index is -0.560. The first-order valence-electron chi connectivity index (χ1n) is 6.90. The molecule has 0 unspecified atom stereocenters. The van der Waals surface area contributed by atoms with Crippen molar-refractivity contribution in [3.05, 3.63) is 23.8 Å². The number of rotatable bonds is 4. The molecular weight excluding hydrogens is 284 g/mol. The Morgan fingerprint density at radius 2 is 2.14 bits per heavy atom. The van der Waals surface area contributed by atoms with Crippen LogP contribution in [0.25, 0.3) is 0 Å². The minimum absolute atomic E-state index is 0.0177. The molecule has 0 aliphatic carbocycles. The van der Waals surface area contributed by atoms with Crippen molar-refractivity contribution in [2.45, 2.75) is 43.3 Å². The molecule has 0 saturated carbocycles. The summed E-state index contributed by atoms with van der Waals surface area (Å²) in [4.78, 5) is 26.8. The average molecular weight is 302 g/mol. The highest BCUT2D eigenvalue weighted by Gasteiger charge is 2.39. The summed E-state index contributed by atoms with van der Waals surface area (Å²) in [5.41, 5.74) is 1.50. The Kier molecular flexibility index (Phi) is 4.38. The summed E-state index contributed by atoms with van der Waals surface area (Å²) in [6.45, 7) is 5.85. The number of carbonyl (C=O) groups excluding carboxylic acids is 2. The summed E-state index contributed by atoms with van der Waals surface area (Å²) in [5, 5.41) is 8.66. The third-order valence-corrected chi connectivity index (χ3v) is 4.68. The van der Waals surface area contributed by atoms with E-state index in [1.165, 1.54) is 18.7 Å². The molecule has 0 spiro atoms. The van der Waals surface area contributed by atoms with E-state index < -0.39 is 4.75 Å². The average Bonchev–Trinajstić information content (AvgIpc) is 2.42. The third-order valence-electron chi connectivity index (χ3n) is 3.45. The van der Waals surface area contributed by atoms with Crippen LogP contribution < -0.4 is 4.90 Å². The molecule has 0 N–H and O–H groups in total. The molecule has 1 aliphatic rings. The van der Waals surface area contributed by atoms with E-state index >= 15 is 0 Å². The minimum Gasteiger partial charge on any atom is -0.310 e. The van der Waals surface area contributed by atoms with Crippen LogP contribution in [0.1, 0.15) is 44.0 Å². The molecule has 110 valence electrons. The number of nitrogens with zero attached hydrogens (tertiary/aromatic N) is 2. The Morgan fingerprint density at radius 3 is 2.76 bits per heavy atom. The Bertz CT molecular complexity index is 632. The van der Waals surface area contributed by atoms with Crippen molar-refractivity contribution in [1.29, 1.82) is 5.26 Å². The number of ketones is 1. The van der Waals surface area contributed by atoms with Crippen LogP contribution in [-0.2, 0) is 4.79 Å². The number of hydrogen-bond acceptors (Lipinski definition) is 4. The number of nitriles is 1. The summed E-state index contributed by atoms with van der Waals surface area (Å²) >= 11 is 1.49. The van der Waals surface area contributed by atoms with Gasteiger partial charge < -0.3 is 4.90 Å². The lowest BCUT2D eigenvalue weighted by Crippen LogP contribution is -2.46. The lowest BCUT2D eigenvalue weighted by molar-refractivity contribution is -0.120. The smallest absolute Gasteiger partial charge is 0.243 e. The summed E-state index contributed by atoms with van der Waals surface area (Å²) < 4.78 is -0.560. The molecule has 0 fully saturated rings. The van der Waals surface area contributed by atoms with Crippen molar-refractivity contribution in [2.75, 3.05) is 11.4 Å². The first-order chi connectivity index (χ1) is 9.86.